The molecule has 10 heteroatoms. The average molecular weight is 430 g/mol. The third-order valence-corrected chi connectivity index (χ3v) is 4.83. The number of carboxylic acid groups (broad SMARTS) is 1. The average Bonchev–Trinajstić information content (AvgIpc) is 3.13. The van der Waals surface area contributed by atoms with Crippen molar-refractivity contribution in [2.45, 2.75) is 12.5 Å². The van der Waals surface area contributed by atoms with Crippen LogP contribution in [0.5, 0.6) is 0 Å². The number of ether oxygens (including phenoxy) is 1. The number of esters is 1. The molecule has 0 saturated heterocycles. The number of nitrogens with one attached hydrogen (secondary N) is 1. The SMILES string of the molecule is O=C(O)CC(NC(=O)c1cccs1)C(=O)COC(=O)c1c(Cl)cccc1Cl. The van der Waals surface area contributed by atoms with E-state index in [4.69, 9.17) is 33.0 Å². The number of amides is 1. The van der Waals surface area contributed by atoms with Gasteiger partial charge in [0.05, 0.1) is 26.9 Å². The molecule has 0 aliphatic heterocycles. The van der Waals surface area contributed by atoms with Crippen molar-refractivity contribution >= 4 is 58.2 Å². The summed E-state index contributed by atoms with van der Waals surface area (Å²) in [6.45, 7) is -0.747. The summed E-state index contributed by atoms with van der Waals surface area (Å²) in [5, 5.41) is 13.1. The summed E-state index contributed by atoms with van der Waals surface area (Å²) < 4.78 is 4.89. The van der Waals surface area contributed by atoms with Crippen LogP contribution in [0.3, 0.4) is 0 Å². The maximum absolute atomic E-state index is 12.3. The Hall–Kier alpha value is -2.42. The van der Waals surface area contributed by atoms with Crippen LogP contribution in [0.25, 0.3) is 0 Å². The van der Waals surface area contributed by atoms with Crippen molar-refractivity contribution in [2.75, 3.05) is 6.61 Å². The maximum Gasteiger partial charge on any atom is 0.341 e. The van der Waals surface area contributed by atoms with Crippen molar-refractivity contribution in [1.82, 2.24) is 5.32 Å². The van der Waals surface area contributed by atoms with Gasteiger partial charge in [-0.3, -0.25) is 14.4 Å². The summed E-state index contributed by atoms with van der Waals surface area (Å²) in [6.07, 6.45) is -0.652. The summed E-state index contributed by atoms with van der Waals surface area (Å²) in [5.74, 6) is -3.60. The second-order valence-corrected chi connectivity index (χ2v) is 7.00. The fraction of sp³-hybridized carbons (Fsp3) is 0.176. The van der Waals surface area contributed by atoms with Crippen LogP contribution in [0.1, 0.15) is 26.5 Å². The third kappa shape index (κ3) is 5.78. The van der Waals surface area contributed by atoms with E-state index in [2.05, 4.69) is 5.32 Å². The summed E-state index contributed by atoms with van der Waals surface area (Å²) >= 11 is 12.9. The minimum Gasteiger partial charge on any atom is -0.481 e. The van der Waals surface area contributed by atoms with E-state index in [1.165, 1.54) is 24.3 Å². The van der Waals surface area contributed by atoms with Gasteiger partial charge in [0.25, 0.3) is 5.91 Å². The Morgan fingerprint density at radius 1 is 1.11 bits per heavy atom. The van der Waals surface area contributed by atoms with Gasteiger partial charge < -0.3 is 15.2 Å². The van der Waals surface area contributed by atoms with Gasteiger partial charge in [0.2, 0.25) is 0 Å². The van der Waals surface area contributed by atoms with E-state index in [-0.39, 0.29) is 15.6 Å². The quantitative estimate of drug-likeness (QED) is 0.623. The van der Waals surface area contributed by atoms with Crippen molar-refractivity contribution in [3.05, 3.63) is 56.2 Å². The number of thiophene rings is 1. The normalized spacial score (nSPS) is 11.5. The number of carbonyl (C=O) groups excluding carboxylic acids is 3. The van der Waals surface area contributed by atoms with Gasteiger partial charge in [-0.1, -0.05) is 35.3 Å². The Kier molecular flexibility index (Phi) is 7.35. The van der Waals surface area contributed by atoms with E-state index < -0.39 is 42.7 Å². The molecule has 1 heterocycles. The lowest BCUT2D eigenvalue weighted by atomic mass is 10.1. The van der Waals surface area contributed by atoms with Crippen LogP contribution in [-0.4, -0.2) is 41.4 Å². The van der Waals surface area contributed by atoms with Gasteiger partial charge in [0, 0.05) is 0 Å². The molecule has 142 valence electrons. The highest BCUT2D eigenvalue weighted by atomic mass is 35.5. The van der Waals surface area contributed by atoms with E-state index in [1.807, 2.05) is 0 Å². The standard InChI is InChI=1S/C17H13Cl2NO6S/c18-9-3-1-4-10(19)15(9)17(25)26-8-12(21)11(7-14(22)23)20-16(24)13-5-2-6-27-13/h1-6,11H,7-8H2,(H,20,24)(H,22,23). The Morgan fingerprint density at radius 3 is 2.33 bits per heavy atom. The monoisotopic (exact) mass is 429 g/mol. The first kappa shape index (κ1) is 20.9. The Labute approximate surface area is 167 Å². The number of aliphatic carboxylic acids is 1. The Morgan fingerprint density at radius 2 is 1.78 bits per heavy atom. The molecule has 27 heavy (non-hydrogen) atoms. The van der Waals surface area contributed by atoms with Crippen LogP contribution in [0, 0.1) is 0 Å². The molecule has 0 aliphatic rings. The molecular formula is C17H13Cl2NO6S. The molecule has 1 atom stereocenters. The van der Waals surface area contributed by atoms with Crippen LogP contribution in [0.4, 0.5) is 0 Å². The van der Waals surface area contributed by atoms with Gasteiger partial charge in [-0.2, -0.15) is 0 Å². The van der Waals surface area contributed by atoms with Crippen LogP contribution in [-0.2, 0) is 14.3 Å². The zero-order chi connectivity index (χ0) is 20.0. The molecule has 0 spiro atoms. The zero-order valence-corrected chi connectivity index (χ0v) is 15.9. The Balaban J connectivity index is 2.04. The molecule has 0 radical (unpaired) electrons. The number of carboxylic acids is 1. The molecule has 1 aromatic carbocycles. The molecule has 1 unspecified atom stereocenters. The first-order valence-corrected chi connectivity index (χ1v) is 9.13. The second kappa shape index (κ2) is 9.50. The minimum absolute atomic E-state index is 0.0491. The third-order valence-electron chi connectivity index (χ3n) is 3.33. The highest BCUT2D eigenvalue weighted by Crippen LogP contribution is 2.25. The van der Waals surface area contributed by atoms with E-state index in [1.54, 1.807) is 11.4 Å². The van der Waals surface area contributed by atoms with Gasteiger partial charge in [-0.25, -0.2) is 4.79 Å². The lowest BCUT2D eigenvalue weighted by molar-refractivity contribution is -0.139. The van der Waals surface area contributed by atoms with Crippen LogP contribution >= 0.6 is 34.5 Å². The zero-order valence-electron chi connectivity index (χ0n) is 13.6. The van der Waals surface area contributed by atoms with Crippen molar-refractivity contribution in [3.63, 3.8) is 0 Å². The predicted octanol–water partition coefficient (Wildman–Crippen LogP) is 3.05. The number of rotatable bonds is 8. The van der Waals surface area contributed by atoms with Crippen molar-refractivity contribution < 1.29 is 29.0 Å². The second-order valence-electron chi connectivity index (χ2n) is 5.24. The van der Waals surface area contributed by atoms with Crippen LogP contribution in [0.2, 0.25) is 10.0 Å². The van der Waals surface area contributed by atoms with E-state index in [0.29, 0.717) is 4.88 Å². The summed E-state index contributed by atoms with van der Waals surface area (Å²) in [4.78, 5) is 47.7. The number of benzene rings is 1. The van der Waals surface area contributed by atoms with Crippen molar-refractivity contribution in [2.24, 2.45) is 0 Å². The number of carbonyl (C=O) groups is 4. The van der Waals surface area contributed by atoms with Gasteiger partial charge in [-0.05, 0) is 23.6 Å². The Bertz CT molecular complexity index is 848. The molecule has 0 saturated carbocycles. The molecule has 0 fully saturated rings. The highest BCUT2D eigenvalue weighted by molar-refractivity contribution is 7.12. The molecule has 7 nitrogen and oxygen atoms in total. The molecule has 2 N–H and O–H groups in total. The molecule has 2 rings (SSSR count). The number of halogens is 2. The molecule has 0 bridgehead atoms. The van der Waals surface area contributed by atoms with Crippen molar-refractivity contribution in [1.29, 1.82) is 0 Å². The molecular weight excluding hydrogens is 417 g/mol. The summed E-state index contributed by atoms with van der Waals surface area (Å²) in [6, 6.07) is 6.22. The molecule has 1 aromatic heterocycles. The topological polar surface area (TPSA) is 110 Å². The fourth-order valence-electron chi connectivity index (χ4n) is 2.06. The molecule has 0 aliphatic carbocycles. The molecule has 1 amide bonds. The predicted molar refractivity (Wildman–Crippen MR) is 99.6 cm³/mol. The number of ketones is 1. The number of hydrogen-bond donors (Lipinski definition) is 2. The van der Waals surface area contributed by atoms with Gasteiger partial charge in [0.15, 0.2) is 12.4 Å². The van der Waals surface area contributed by atoms with E-state index in [9.17, 15) is 19.2 Å². The van der Waals surface area contributed by atoms with Crippen molar-refractivity contribution in [3.8, 4) is 0 Å². The van der Waals surface area contributed by atoms with Gasteiger partial charge >= 0.3 is 11.9 Å². The highest BCUT2D eigenvalue weighted by Gasteiger charge is 2.26. The van der Waals surface area contributed by atoms with E-state index in [0.717, 1.165) is 11.3 Å². The number of hydrogen-bond acceptors (Lipinski definition) is 6. The lowest BCUT2D eigenvalue weighted by Crippen LogP contribution is -2.44. The fourth-order valence-corrected chi connectivity index (χ4v) is 3.24. The van der Waals surface area contributed by atoms with Gasteiger partial charge in [0.1, 0.15) is 6.04 Å². The smallest absolute Gasteiger partial charge is 0.341 e. The van der Waals surface area contributed by atoms with Crippen LogP contribution < -0.4 is 5.32 Å². The lowest BCUT2D eigenvalue weighted by Gasteiger charge is -2.15. The maximum atomic E-state index is 12.3. The number of Topliss-reactive ketones (excluding diaryl/α,β-unsaturated/α-hetero) is 1. The first-order valence-electron chi connectivity index (χ1n) is 7.49. The molecule has 2 aromatic rings. The van der Waals surface area contributed by atoms with Crippen LogP contribution in [0.15, 0.2) is 35.7 Å². The largest absolute Gasteiger partial charge is 0.481 e. The van der Waals surface area contributed by atoms with E-state index >= 15 is 0 Å². The summed E-state index contributed by atoms with van der Waals surface area (Å²) in [7, 11) is 0. The van der Waals surface area contributed by atoms with Gasteiger partial charge in [-0.15, -0.1) is 11.3 Å². The first-order chi connectivity index (χ1) is 12.8. The summed E-state index contributed by atoms with van der Waals surface area (Å²) in [5.41, 5.74) is -0.106. The minimum atomic E-state index is -1.35.